The van der Waals surface area contributed by atoms with Gasteiger partial charge in [-0.1, -0.05) is 0 Å². The molecule has 3 rings (SSSR count). The van der Waals surface area contributed by atoms with E-state index in [1.54, 1.807) is 12.1 Å². The Bertz CT molecular complexity index is 982. The summed E-state index contributed by atoms with van der Waals surface area (Å²) in [6.45, 7) is 3.87. The Balaban J connectivity index is 1.56. The quantitative estimate of drug-likeness (QED) is 0.628. The molecule has 1 aliphatic rings. The van der Waals surface area contributed by atoms with Crippen molar-refractivity contribution in [2.75, 3.05) is 48.8 Å². The second-order valence-corrected chi connectivity index (χ2v) is 8.38. The minimum Gasteiger partial charge on any atom is -0.369 e. The predicted molar refractivity (Wildman–Crippen MR) is 111 cm³/mol. The Labute approximate surface area is 169 Å². The van der Waals surface area contributed by atoms with Crippen LogP contribution in [0, 0.1) is 0 Å². The number of piperazine rings is 1. The van der Waals surface area contributed by atoms with E-state index < -0.39 is 21.8 Å². The van der Waals surface area contributed by atoms with Gasteiger partial charge in [-0.25, -0.2) is 13.6 Å². The number of primary sulfonamides is 1. The first-order valence-corrected chi connectivity index (χ1v) is 10.6. The van der Waals surface area contributed by atoms with E-state index in [9.17, 15) is 18.0 Å². The molecule has 29 heavy (non-hydrogen) atoms. The molecule has 154 valence electrons. The summed E-state index contributed by atoms with van der Waals surface area (Å²) in [4.78, 5) is 28.6. The number of anilines is 3. The molecule has 1 fully saturated rings. The van der Waals surface area contributed by atoms with Crippen molar-refractivity contribution in [3.05, 3.63) is 48.5 Å². The number of amides is 2. The fourth-order valence-electron chi connectivity index (χ4n) is 2.92. The SMILES string of the molecule is CN1CCN(c2ccc(NC(=O)C(=O)Nc3ccc(S(N)(=O)=O)cc3)cc2)CC1. The van der Waals surface area contributed by atoms with E-state index >= 15 is 0 Å². The molecule has 1 aliphatic heterocycles. The van der Waals surface area contributed by atoms with E-state index in [0.717, 1.165) is 31.9 Å². The number of sulfonamides is 1. The van der Waals surface area contributed by atoms with Crippen LogP contribution in [0.3, 0.4) is 0 Å². The number of benzene rings is 2. The maximum atomic E-state index is 12.1. The van der Waals surface area contributed by atoms with Gasteiger partial charge in [-0.15, -0.1) is 0 Å². The van der Waals surface area contributed by atoms with Gasteiger partial charge in [0, 0.05) is 43.2 Å². The molecule has 0 atom stereocenters. The summed E-state index contributed by atoms with van der Waals surface area (Å²) in [5.74, 6) is -1.69. The molecule has 0 bridgehead atoms. The van der Waals surface area contributed by atoms with Gasteiger partial charge >= 0.3 is 11.8 Å². The van der Waals surface area contributed by atoms with Crippen LogP contribution in [0.25, 0.3) is 0 Å². The van der Waals surface area contributed by atoms with Gasteiger partial charge in [-0.2, -0.15) is 0 Å². The lowest BCUT2D eigenvalue weighted by Gasteiger charge is -2.34. The topological polar surface area (TPSA) is 125 Å². The summed E-state index contributed by atoms with van der Waals surface area (Å²) < 4.78 is 22.5. The first-order valence-electron chi connectivity index (χ1n) is 9.01. The molecule has 0 radical (unpaired) electrons. The molecule has 0 unspecified atom stereocenters. The number of carbonyl (C=O) groups excluding carboxylic acids is 2. The fraction of sp³-hybridized carbons (Fsp3) is 0.263. The van der Waals surface area contributed by atoms with Crippen molar-refractivity contribution >= 4 is 38.9 Å². The van der Waals surface area contributed by atoms with Crippen LogP contribution in [0.15, 0.2) is 53.4 Å². The van der Waals surface area contributed by atoms with Gasteiger partial charge in [0.15, 0.2) is 0 Å². The smallest absolute Gasteiger partial charge is 0.314 e. The largest absolute Gasteiger partial charge is 0.369 e. The minimum atomic E-state index is -3.82. The Morgan fingerprint density at radius 1 is 0.828 bits per heavy atom. The van der Waals surface area contributed by atoms with E-state index in [-0.39, 0.29) is 10.6 Å². The number of rotatable bonds is 4. The van der Waals surface area contributed by atoms with E-state index in [2.05, 4.69) is 27.5 Å². The van der Waals surface area contributed by atoms with E-state index in [0.29, 0.717) is 5.69 Å². The van der Waals surface area contributed by atoms with Crippen LogP contribution in [-0.2, 0) is 19.6 Å². The summed E-state index contributed by atoms with van der Waals surface area (Å²) in [7, 11) is -1.72. The average Bonchev–Trinajstić information content (AvgIpc) is 2.69. The highest BCUT2D eigenvalue weighted by atomic mass is 32.2. The molecule has 2 amide bonds. The van der Waals surface area contributed by atoms with Crippen molar-refractivity contribution in [3.63, 3.8) is 0 Å². The maximum absolute atomic E-state index is 12.1. The van der Waals surface area contributed by atoms with Crippen LogP contribution in [-0.4, -0.2) is 58.4 Å². The predicted octanol–water partition coefficient (Wildman–Crippen LogP) is 0.663. The van der Waals surface area contributed by atoms with E-state index in [4.69, 9.17) is 5.14 Å². The van der Waals surface area contributed by atoms with Crippen molar-refractivity contribution in [1.29, 1.82) is 0 Å². The normalized spacial score (nSPS) is 15.0. The van der Waals surface area contributed by atoms with Crippen LogP contribution in [0.1, 0.15) is 0 Å². The van der Waals surface area contributed by atoms with Gasteiger partial charge in [0.05, 0.1) is 4.90 Å². The number of likely N-dealkylation sites (N-methyl/N-ethyl adjacent to an activating group) is 1. The molecular formula is C19H23N5O4S. The summed E-state index contributed by atoms with van der Waals surface area (Å²) >= 11 is 0. The molecule has 10 heteroatoms. The molecule has 9 nitrogen and oxygen atoms in total. The van der Waals surface area contributed by atoms with Crippen LogP contribution in [0.4, 0.5) is 17.1 Å². The molecule has 1 heterocycles. The number of hydrogen-bond donors (Lipinski definition) is 3. The Hall–Kier alpha value is -2.95. The summed E-state index contributed by atoms with van der Waals surface area (Å²) in [5.41, 5.74) is 1.85. The highest BCUT2D eigenvalue weighted by Gasteiger charge is 2.16. The third-order valence-electron chi connectivity index (χ3n) is 4.64. The molecule has 0 aliphatic carbocycles. The van der Waals surface area contributed by atoms with Crippen LogP contribution < -0.4 is 20.7 Å². The highest BCUT2D eigenvalue weighted by Crippen LogP contribution is 2.19. The minimum absolute atomic E-state index is 0.0830. The van der Waals surface area contributed by atoms with Crippen molar-refractivity contribution in [2.24, 2.45) is 5.14 Å². The molecule has 0 aromatic heterocycles. The number of nitrogens with zero attached hydrogens (tertiary/aromatic N) is 2. The Morgan fingerprint density at radius 2 is 1.28 bits per heavy atom. The van der Waals surface area contributed by atoms with Gasteiger partial charge < -0.3 is 20.4 Å². The van der Waals surface area contributed by atoms with Crippen molar-refractivity contribution in [2.45, 2.75) is 4.90 Å². The second-order valence-electron chi connectivity index (χ2n) is 6.81. The Morgan fingerprint density at radius 3 is 1.72 bits per heavy atom. The molecule has 2 aromatic carbocycles. The standard InChI is InChI=1S/C19H23N5O4S/c1-23-10-12-24(13-11-23)16-6-2-14(3-7-16)21-18(25)19(26)22-15-4-8-17(9-5-15)29(20,27)28/h2-9H,10-13H2,1H3,(H,21,25)(H,22,26)(H2,20,27,28). The van der Waals surface area contributed by atoms with Crippen LogP contribution in [0.5, 0.6) is 0 Å². The number of nitrogens with one attached hydrogen (secondary N) is 2. The maximum Gasteiger partial charge on any atom is 0.314 e. The zero-order valence-electron chi connectivity index (χ0n) is 16.0. The van der Waals surface area contributed by atoms with Gasteiger partial charge in [0.1, 0.15) is 0 Å². The van der Waals surface area contributed by atoms with Gasteiger partial charge in [-0.05, 0) is 55.6 Å². The third-order valence-corrected chi connectivity index (χ3v) is 5.57. The lowest BCUT2D eigenvalue weighted by molar-refractivity contribution is -0.132. The van der Waals surface area contributed by atoms with Gasteiger partial charge in [0.25, 0.3) is 0 Å². The molecule has 2 aromatic rings. The van der Waals surface area contributed by atoms with Crippen molar-refractivity contribution < 1.29 is 18.0 Å². The number of nitrogens with two attached hydrogens (primary N) is 1. The fourth-order valence-corrected chi connectivity index (χ4v) is 3.44. The van der Waals surface area contributed by atoms with Gasteiger partial charge in [-0.3, -0.25) is 9.59 Å². The molecule has 0 spiro atoms. The second kappa shape index (κ2) is 8.60. The first-order chi connectivity index (χ1) is 13.7. The summed E-state index contributed by atoms with van der Waals surface area (Å²) in [5, 5.41) is 9.97. The van der Waals surface area contributed by atoms with Crippen LogP contribution >= 0.6 is 0 Å². The van der Waals surface area contributed by atoms with Crippen molar-refractivity contribution in [3.8, 4) is 0 Å². The number of hydrogen-bond acceptors (Lipinski definition) is 6. The monoisotopic (exact) mass is 417 g/mol. The molecular weight excluding hydrogens is 394 g/mol. The molecule has 1 saturated heterocycles. The molecule has 4 N–H and O–H groups in total. The van der Waals surface area contributed by atoms with Crippen molar-refractivity contribution in [1.82, 2.24) is 4.90 Å². The van der Waals surface area contributed by atoms with E-state index in [1.165, 1.54) is 24.3 Å². The highest BCUT2D eigenvalue weighted by molar-refractivity contribution is 7.89. The van der Waals surface area contributed by atoms with Gasteiger partial charge in [0.2, 0.25) is 10.0 Å². The van der Waals surface area contributed by atoms with Crippen LogP contribution in [0.2, 0.25) is 0 Å². The Kier molecular flexibility index (Phi) is 6.16. The van der Waals surface area contributed by atoms with E-state index in [1.807, 2.05) is 12.1 Å². The molecule has 0 saturated carbocycles. The summed E-state index contributed by atoms with van der Waals surface area (Å²) in [6, 6.07) is 12.5. The summed E-state index contributed by atoms with van der Waals surface area (Å²) in [6.07, 6.45) is 0. The first kappa shape index (κ1) is 20.8. The number of carbonyl (C=O) groups is 2. The zero-order chi connectivity index (χ0) is 21.0. The third kappa shape index (κ3) is 5.53. The lowest BCUT2D eigenvalue weighted by Crippen LogP contribution is -2.44. The lowest BCUT2D eigenvalue weighted by atomic mass is 10.2. The average molecular weight is 417 g/mol. The zero-order valence-corrected chi connectivity index (χ0v) is 16.8.